The fraction of sp³-hybridized carbons (Fsp3) is 0.200. The Labute approximate surface area is 130 Å². The van der Waals surface area contributed by atoms with Gasteiger partial charge in [-0.15, -0.1) is 0 Å². The molecule has 0 amide bonds. The second-order valence-corrected chi connectivity index (χ2v) is 5.73. The van der Waals surface area contributed by atoms with Gasteiger partial charge < -0.3 is 9.84 Å². The fourth-order valence-electron chi connectivity index (χ4n) is 1.77. The molecule has 2 aromatic rings. The second kappa shape index (κ2) is 6.57. The van der Waals surface area contributed by atoms with Crippen molar-refractivity contribution in [2.75, 3.05) is 0 Å². The highest BCUT2D eigenvalue weighted by Crippen LogP contribution is 2.29. The Hall–Kier alpha value is -1.10. The molecule has 0 fully saturated rings. The van der Waals surface area contributed by atoms with Crippen LogP contribution in [0, 0.1) is 5.82 Å². The molecule has 1 atom stereocenters. The van der Waals surface area contributed by atoms with E-state index in [-0.39, 0.29) is 6.61 Å². The van der Waals surface area contributed by atoms with Gasteiger partial charge in [-0.25, -0.2) is 4.39 Å². The van der Waals surface area contributed by atoms with E-state index in [0.717, 1.165) is 4.47 Å². The largest absolute Gasteiger partial charge is 0.488 e. The quantitative estimate of drug-likeness (QED) is 0.843. The van der Waals surface area contributed by atoms with Gasteiger partial charge in [-0.3, -0.25) is 0 Å². The normalized spacial score (nSPS) is 12.2. The lowest BCUT2D eigenvalue weighted by atomic mass is 10.1. The van der Waals surface area contributed by atoms with Gasteiger partial charge >= 0.3 is 0 Å². The Morgan fingerprint density at radius 3 is 2.70 bits per heavy atom. The summed E-state index contributed by atoms with van der Waals surface area (Å²) in [7, 11) is 0. The number of hydrogen-bond acceptors (Lipinski definition) is 2. The Kier molecular flexibility index (Phi) is 5.02. The highest BCUT2D eigenvalue weighted by Gasteiger charge is 2.11. The molecular weight excluding hydrogens is 347 g/mol. The Bertz CT molecular complexity index is 617. The highest BCUT2D eigenvalue weighted by atomic mass is 79.9. The Morgan fingerprint density at radius 2 is 2.05 bits per heavy atom. The molecule has 0 bridgehead atoms. The highest BCUT2D eigenvalue weighted by molar-refractivity contribution is 9.10. The molecule has 1 N–H and O–H groups in total. The van der Waals surface area contributed by atoms with Crippen molar-refractivity contribution in [1.29, 1.82) is 0 Å². The van der Waals surface area contributed by atoms with E-state index in [4.69, 9.17) is 16.3 Å². The maximum absolute atomic E-state index is 13.7. The molecule has 0 aliphatic rings. The molecular formula is C15H13BrClFO2. The number of ether oxygens (including phenoxy) is 1. The molecule has 0 aromatic heterocycles. The molecule has 0 saturated carbocycles. The number of benzene rings is 2. The van der Waals surface area contributed by atoms with Crippen molar-refractivity contribution in [2.24, 2.45) is 0 Å². The first-order valence-electron chi connectivity index (χ1n) is 6.01. The van der Waals surface area contributed by atoms with Crippen LogP contribution in [-0.4, -0.2) is 5.11 Å². The molecule has 2 nitrogen and oxygen atoms in total. The van der Waals surface area contributed by atoms with Crippen LogP contribution in [0.1, 0.15) is 24.2 Å². The molecule has 5 heteroatoms. The van der Waals surface area contributed by atoms with Gasteiger partial charge in [-0.2, -0.15) is 0 Å². The van der Waals surface area contributed by atoms with Crippen LogP contribution in [0.2, 0.25) is 5.02 Å². The minimum atomic E-state index is -0.659. The van der Waals surface area contributed by atoms with Crippen molar-refractivity contribution >= 4 is 27.5 Å². The summed E-state index contributed by atoms with van der Waals surface area (Å²) in [5.74, 6) is 0.106. The van der Waals surface area contributed by atoms with Gasteiger partial charge in [0.15, 0.2) is 0 Å². The van der Waals surface area contributed by atoms with Gasteiger partial charge in [0, 0.05) is 20.6 Å². The van der Waals surface area contributed by atoms with Crippen molar-refractivity contribution in [3.05, 3.63) is 62.8 Å². The third-order valence-electron chi connectivity index (χ3n) is 2.82. The van der Waals surface area contributed by atoms with Crippen molar-refractivity contribution in [1.82, 2.24) is 0 Å². The number of hydrogen-bond donors (Lipinski definition) is 1. The minimum Gasteiger partial charge on any atom is -0.488 e. The zero-order valence-electron chi connectivity index (χ0n) is 10.7. The number of halogens is 3. The molecule has 0 spiro atoms. The van der Waals surface area contributed by atoms with Crippen LogP contribution in [-0.2, 0) is 6.61 Å². The summed E-state index contributed by atoms with van der Waals surface area (Å²) in [5, 5.41) is 10.0. The van der Waals surface area contributed by atoms with E-state index in [9.17, 15) is 9.50 Å². The van der Waals surface area contributed by atoms with Gasteiger partial charge in [0.05, 0.1) is 6.10 Å². The van der Waals surface area contributed by atoms with Crippen LogP contribution in [0.25, 0.3) is 0 Å². The molecule has 0 aliphatic heterocycles. The van der Waals surface area contributed by atoms with Crippen LogP contribution in [0.4, 0.5) is 4.39 Å². The van der Waals surface area contributed by atoms with E-state index in [0.29, 0.717) is 21.9 Å². The number of rotatable bonds is 4. The van der Waals surface area contributed by atoms with E-state index < -0.39 is 11.9 Å². The number of aliphatic hydroxyl groups excluding tert-OH is 1. The first-order chi connectivity index (χ1) is 9.47. The molecule has 2 aromatic carbocycles. The summed E-state index contributed by atoms with van der Waals surface area (Å²) >= 11 is 9.04. The van der Waals surface area contributed by atoms with Gasteiger partial charge in [0.1, 0.15) is 18.2 Å². The summed E-state index contributed by atoms with van der Waals surface area (Å²) in [6, 6.07) is 9.77. The molecule has 0 heterocycles. The number of aliphatic hydroxyl groups is 1. The summed E-state index contributed by atoms with van der Waals surface area (Å²) < 4.78 is 20.1. The van der Waals surface area contributed by atoms with Crippen molar-refractivity contribution in [3.63, 3.8) is 0 Å². The summed E-state index contributed by atoms with van der Waals surface area (Å²) in [6.45, 7) is 1.72. The zero-order chi connectivity index (χ0) is 14.7. The lowest BCUT2D eigenvalue weighted by molar-refractivity contribution is 0.190. The van der Waals surface area contributed by atoms with Crippen LogP contribution in [0.3, 0.4) is 0 Å². The summed E-state index contributed by atoms with van der Waals surface area (Å²) in [5.41, 5.74) is 1.06. The Morgan fingerprint density at radius 1 is 1.30 bits per heavy atom. The topological polar surface area (TPSA) is 29.5 Å². The van der Waals surface area contributed by atoms with Crippen LogP contribution in [0.15, 0.2) is 40.9 Å². The lowest BCUT2D eigenvalue weighted by Crippen LogP contribution is -2.02. The first-order valence-corrected chi connectivity index (χ1v) is 7.18. The monoisotopic (exact) mass is 358 g/mol. The van der Waals surface area contributed by atoms with E-state index in [2.05, 4.69) is 15.9 Å². The van der Waals surface area contributed by atoms with Crippen LogP contribution >= 0.6 is 27.5 Å². The standard InChI is InChI=1S/C15H13BrClFO2/c1-9(19)13-5-3-11(16)6-15(13)20-8-10-2-4-12(17)7-14(10)18/h2-7,9,19H,8H2,1H3. The molecule has 2 rings (SSSR count). The minimum absolute atomic E-state index is 0.0686. The molecule has 20 heavy (non-hydrogen) atoms. The molecule has 106 valence electrons. The molecule has 1 unspecified atom stereocenters. The fourth-order valence-corrected chi connectivity index (χ4v) is 2.27. The van der Waals surface area contributed by atoms with Crippen LogP contribution in [0.5, 0.6) is 5.75 Å². The van der Waals surface area contributed by atoms with Crippen molar-refractivity contribution in [3.8, 4) is 5.75 Å². The molecule has 0 saturated heterocycles. The van der Waals surface area contributed by atoms with E-state index in [1.807, 2.05) is 6.07 Å². The maximum atomic E-state index is 13.7. The van der Waals surface area contributed by atoms with Gasteiger partial charge in [-0.1, -0.05) is 39.7 Å². The SMILES string of the molecule is CC(O)c1ccc(Br)cc1OCc1ccc(Cl)cc1F. The maximum Gasteiger partial charge on any atom is 0.131 e. The predicted octanol–water partition coefficient (Wildman–Crippen LogP) is 4.87. The van der Waals surface area contributed by atoms with Crippen molar-refractivity contribution in [2.45, 2.75) is 19.6 Å². The average Bonchev–Trinajstić information content (AvgIpc) is 2.37. The van der Waals surface area contributed by atoms with E-state index in [1.54, 1.807) is 31.2 Å². The third kappa shape index (κ3) is 3.72. The second-order valence-electron chi connectivity index (χ2n) is 4.38. The summed E-state index contributed by atoms with van der Waals surface area (Å²) in [6.07, 6.45) is -0.659. The van der Waals surface area contributed by atoms with Gasteiger partial charge in [-0.05, 0) is 31.2 Å². The summed E-state index contributed by atoms with van der Waals surface area (Å²) in [4.78, 5) is 0. The van der Waals surface area contributed by atoms with Gasteiger partial charge in [0.25, 0.3) is 0 Å². The lowest BCUT2D eigenvalue weighted by Gasteiger charge is -2.14. The molecule has 0 radical (unpaired) electrons. The van der Waals surface area contributed by atoms with Crippen LogP contribution < -0.4 is 4.74 Å². The third-order valence-corrected chi connectivity index (χ3v) is 3.55. The average molecular weight is 360 g/mol. The van der Waals surface area contributed by atoms with Crippen molar-refractivity contribution < 1.29 is 14.2 Å². The predicted molar refractivity (Wildman–Crippen MR) is 80.5 cm³/mol. The van der Waals surface area contributed by atoms with Gasteiger partial charge in [0.2, 0.25) is 0 Å². The molecule has 0 aliphatic carbocycles. The van der Waals surface area contributed by atoms with E-state index in [1.165, 1.54) is 6.07 Å². The smallest absolute Gasteiger partial charge is 0.131 e. The Balaban J connectivity index is 2.20. The van der Waals surface area contributed by atoms with E-state index >= 15 is 0 Å². The first kappa shape index (κ1) is 15.3. The zero-order valence-corrected chi connectivity index (χ0v) is 13.1.